The molecule has 0 spiro atoms. The fourth-order valence-corrected chi connectivity index (χ4v) is 2.81. The summed E-state index contributed by atoms with van der Waals surface area (Å²) in [4.78, 5) is 14.3. The van der Waals surface area contributed by atoms with Crippen LogP contribution in [0, 0.1) is 11.8 Å². The largest absolute Gasteiger partial charge is 0.341 e. The molecule has 1 heterocycles. The molecular weight excluding hydrogens is 188 g/mol. The molecule has 1 saturated heterocycles. The van der Waals surface area contributed by atoms with E-state index in [4.69, 9.17) is 0 Å². The molecule has 1 aliphatic heterocycles. The average molecular weight is 210 g/mol. The van der Waals surface area contributed by atoms with Gasteiger partial charge in [0.1, 0.15) is 0 Å². The van der Waals surface area contributed by atoms with Gasteiger partial charge in [-0.25, -0.2) is 0 Å². The van der Waals surface area contributed by atoms with Crippen LogP contribution in [0.4, 0.5) is 0 Å². The highest BCUT2D eigenvalue weighted by Crippen LogP contribution is 2.32. The molecule has 86 valence electrons. The number of amides is 1. The molecule has 2 rings (SSSR count). The molecule has 1 N–H and O–H groups in total. The summed E-state index contributed by atoms with van der Waals surface area (Å²) in [7, 11) is 0. The third-order valence-corrected chi connectivity index (χ3v) is 3.83. The van der Waals surface area contributed by atoms with Crippen molar-refractivity contribution in [3.8, 4) is 0 Å². The lowest BCUT2D eigenvalue weighted by Gasteiger charge is -2.25. The van der Waals surface area contributed by atoms with Gasteiger partial charge in [0.05, 0.1) is 0 Å². The number of rotatable bonds is 1. The molecule has 2 fully saturated rings. The van der Waals surface area contributed by atoms with Crippen molar-refractivity contribution in [3.63, 3.8) is 0 Å². The van der Waals surface area contributed by atoms with E-state index in [1.807, 2.05) is 0 Å². The first-order valence-electron chi connectivity index (χ1n) is 6.28. The van der Waals surface area contributed by atoms with Crippen LogP contribution >= 0.6 is 0 Å². The van der Waals surface area contributed by atoms with Crippen LogP contribution in [0.15, 0.2) is 0 Å². The van der Waals surface area contributed by atoms with E-state index in [0.29, 0.717) is 17.7 Å². The van der Waals surface area contributed by atoms with Crippen molar-refractivity contribution in [1.82, 2.24) is 10.2 Å². The first-order chi connectivity index (χ1) is 7.29. The van der Waals surface area contributed by atoms with E-state index >= 15 is 0 Å². The number of carbonyl (C=O) groups excluding carboxylic acids is 1. The molecule has 1 amide bonds. The van der Waals surface area contributed by atoms with Gasteiger partial charge in [-0.3, -0.25) is 4.79 Å². The van der Waals surface area contributed by atoms with Crippen molar-refractivity contribution in [1.29, 1.82) is 0 Å². The van der Waals surface area contributed by atoms with Crippen molar-refractivity contribution in [3.05, 3.63) is 0 Å². The fraction of sp³-hybridized carbons (Fsp3) is 0.917. The second-order valence-electron chi connectivity index (χ2n) is 4.94. The Morgan fingerprint density at radius 1 is 1.20 bits per heavy atom. The Kier molecular flexibility index (Phi) is 3.62. The van der Waals surface area contributed by atoms with Crippen molar-refractivity contribution in [2.75, 3.05) is 26.2 Å². The molecule has 2 unspecified atom stereocenters. The molecule has 3 nitrogen and oxygen atoms in total. The summed E-state index contributed by atoms with van der Waals surface area (Å²) >= 11 is 0. The van der Waals surface area contributed by atoms with Gasteiger partial charge in [-0.05, 0) is 31.7 Å². The lowest BCUT2D eigenvalue weighted by molar-refractivity contribution is -0.136. The van der Waals surface area contributed by atoms with Gasteiger partial charge in [0.25, 0.3) is 0 Å². The van der Waals surface area contributed by atoms with Gasteiger partial charge in [0.2, 0.25) is 5.91 Å². The lowest BCUT2D eigenvalue weighted by atomic mass is 9.96. The van der Waals surface area contributed by atoms with Gasteiger partial charge < -0.3 is 10.2 Å². The monoisotopic (exact) mass is 210 g/mol. The number of carbonyl (C=O) groups is 1. The summed E-state index contributed by atoms with van der Waals surface area (Å²) in [6, 6.07) is 0. The molecule has 2 atom stereocenters. The quantitative estimate of drug-likeness (QED) is 0.706. The maximum atomic E-state index is 12.3. The van der Waals surface area contributed by atoms with Crippen molar-refractivity contribution in [2.24, 2.45) is 11.8 Å². The minimum atomic E-state index is 0.322. The summed E-state index contributed by atoms with van der Waals surface area (Å²) in [5, 5.41) is 3.34. The first kappa shape index (κ1) is 10.9. The molecule has 0 aromatic heterocycles. The van der Waals surface area contributed by atoms with Crippen LogP contribution in [0.3, 0.4) is 0 Å². The zero-order chi connectivity index (χ0) is 10.7. The normalized spacial score (nSPS) is 32.7. The number of nitrogens with zero attached hydrogens (tertiary/aromatic N) is 1. The van der Waals surface area contributed by atoms with Crippen LogP contribution in [0.1, 0.15) is 32.6 Å². The first-order valence-corrected chi connectivity index (χ1v) is 6.28. The van der Waals surface area contributed by atoms with Gasteiger partial charge >= 0.3 is 0 Å². The SMILES string of the molecule is CC1CCCC1C(=O)N1CCCNCC1. The molecule has 0 aromatic rings. The smallest absolute Gasteiger partial charge is 0.225 e. The molecule has 0 bridgehead atoms. The van der Waals surface area contributed by atoms with E-state index in [9.17, 15) is 4.79 Å². The highest BCUT2D eigenvalue weighted by atomic mass is 16.2. The number of hydrogen-bond acceptors (Lipinski definition) is 2. The Hall–Kier alpha value is -0.570. The Morgan fingerprint density at radius 2 is 2.07 bits per heavy atom. The molecule has 2 aliphatic rings. The van der Waals surface area contributed by atoms with Crippen molar-refractivity contribution >= 4 is 5.91 Å². The van der Waals surface area contributed by atoms with Gasteiger partial charge in [-0.15, -0.1) is 0 Å². The summed E-state index contributed by atoms with van der Waals surface area (Å²) in [6.45, 7) is 6.11. The molecule has 1 saturated carbocycles. The zero-order valence-electron chi connectivity index (χ0n) is 9.67. The van der Waals surface area contributed by atoms with Crippen molar-refractivity contribution in [2.45, 2.75) is 32.6 Å². The topological polar surface area (TPSA) is 32.3 Å². The third kappa shape index (κ3) is 2.51. The Balaban J connectivity index is 1.93. The van der Waals surface area contributed by atoms with Crippen LogP contribution in [-0.4, -0.2) is 37.0 Å². The zero-order valence-corrected chi connectivity index (χ0v) is 9.67. The molecule has 1 aliphatic carbocycles. The number of hydrogen-bond donors (Lipinski definition) is 1. The molecule has 0 aromatic carbocycles. The van der Waals surface area contributed by atoms with Crippen LogP contribution in [0.2, 0.25) is 0 Å². The second kappa shape index (κ2) is 4.97. The summed E-state index contributed by atoms with van der Waals surface area (Å²) in [5.74, 6) is 1.35. The van der Waals surface area contributed by atoms with E-state index in [1.54, 1.807) is 0 Å². The lowest BCUT2D eigenvalue weighted by Crippen LogP contribution is -2.39. The van der Waals surface area contributed by atoms with Gasteiger partial charge in [0.15, 0.2) is 0 Å². The predicted octanol–water partition coefficient (Wildman–Crippen LogP) is 1.24. The van der Waals surface area contributed by atoms with E-state index in [-0.39, 0.29) is 0 Å². The Morgan fingerprint density at radius 3 is 2.80 bits per heavy atom. The third-order valence-electron chi connectivity index (χ3n) is 3.83. The summed E-state index contributed by atoms with van der Waals surface area (Å²) < 4.78 is 0. The highest BCUT2D eigenvalue weighted by Gasteiger charge is 2.32. The maximum absolute atomic E-state index is 12.3. The Labute approximate surface area is 92.2 Å². The summed E-state index contributed by atoms with van der Waals surface area (Å²) in [5.41, 5.74) is 0. The van der Waals surface area contributed by atoms with E-state index in [1.165, 1.54) is 12.8 Å². The van der Waals surface area contributed by atoms with E-state index < -0.39 is 0 Å². The minimum Gasteiger partial charge on any atom is -0.341 e. The molecule has 0 radical (unpaired) electrons. The van der Waals surface area contributed by atoms with Crippen molar-refractivity contribution < 1.29 is 4.79 Å². The van der Waals surface area contributed by atoms with Crippen LogP contribution < -0.4 is 5.32 Å². The van der Waals surface area contributed by atoms with E-state index in [0.717, 1.165) is 39.0 Å². The highest BCUT2D eigenvalue weighted by molar-refractivity contribution is 5.79. The average Bonchev–Trinajstić information content (AvgIpc) is 2.53. The summed E-state index contributed by atoms with van der Waals surface area (Å²) in [6.07, 6.45) is 4.70. The number of nitrogens with one attached hydrogen (secondary N) is 1. The van der Waals surface area contributed by atoms with Gasteiger partial charge in [-0.2, -0.15) is 0 Å². The molecular formula is C12H22N2O. The van der Waals surface area contributed by atoms with E-state index in [2.05, 4.69) is 17.1 Å². The van der Waals surface area contributed by atoms with Gasteiger partial charge in [0, 0.05) is 25.6 Å². The molecule has 3 heteroatoms. The Bertz CT molecular complexity index is 222. The van der Waals surface area contributed by atoms with Crippen LogP contribution in [0.25, 0.3) is 0 Å². The second-order valence-corrected chi connectivity index (χ2v) is 4.94. The standard InChI is InChI=1S/C12H22N2O/c1-10-4-2-5-11(10)12(15)14-8-3-6-13-7-9-14/h10-11,13H,2-9H2,1H3. The van der Waals surface area contributed by atoms with Gasteiger partial charge in [-0.1, -0.05) is 13.3 Å². The van der Waals surface area contributed by atoms with Crippen LogP contribution in [-0.2, 0) is 4.79 Å². The minimum absolute atomic E-state index is 0.322. The molecule has 15 heavy (non-hydrogen) atoms. The predicted molar refractivity (Wildman–Crippen MR) is 60.6 cm³/mol. The van der Waals surface area contributed by atoms with Crippen LogP contribution in [0.5, 0.6) is 0 Å². The fourth-order valence-electron chi connectivity index (χ4n) is 2.81. The maximum Gasteiger partial charge on any atom is 0.225 e.